The van der Waals surface area contributed by atoms with Gasteiger partial charge in [0.25, 0.3) is 0 Å². The van der Waals surface area contributed by atoms with E-state index in [2.05, 4.69) is 0 Å². The molecule has 0 spiro atoms. The van der Waals surface area contributed by atoms with Gasteiger partial charge in [-0.25, -0.2) is 0 Å². The molecule has 0 saturated carbocycles. The highest BCUT2D eigenvalue weighted by atomic mass is 28.5. The Morgan fingerprint density at radius 1 is 1.11 bits per heavy atom. The molecule has 1 aliphatic heterocycles. The van der Waals surface area contributed by atoms with E-state index in [1.165, 1.54) is 12.2 Å². The Labute approximate surface area is 108 Å². The summed E-state index contributed by atoms with van der Waals surface area (Å²) in [4.78, 5) is 0. The molecule has 1 aliphatic rings. The molecular weight excluding hydrogens is 276 g/mol. The van der Waals surface area contributed by atoms with Crippen LogP contribution in [-0.2, 0) is 0 Å². The molecule has 6 heteroatoms. The average molecular weight is 294 g/mol. The van der Waals surface area contributed by atoms with Crippen LogP contribution < -0.4 is 0 Å². The van der Waals surface area contributed by atoms with Crippen LogP contribution in [0.5, 0.6) is 0 Å². The Hall–Kier alpha value is -0.626. The maximum Gasteiger partial charge on any atom is 0.461 e. The summed E-state index contributed by atoms with van der Waals surface area (Å²) in [5, 5.41) is -2.11. The van der Waals surface area contributed by atoms with Crippen LogP contribution in [0.2, 0.25) is 5.16 Å². The monoisotopic (exact) mass is 294 g/mol. The van der Waals surface area contributed by atoms with E-state index in [-0.39, 0.29) is 5.20 Å². The van der Waals surface area contributed by atoms with E-state index in [0.29, 0.717) is 5.70 Å². The number of rotatable bonds is 2. The lowest BCUT2D eigenvalue weighted by Crippen LogP contribution is -2.39. The van der Waals surface area contributed by atoms with Crippen molar-refractivity contribution in [2.45, 2.75) is 32.9 Å². The van der Waals surface area contributed by atoms with Crippen molar-refractivity contribution in [3.8, 4) is 0 Å². The molecule has 0 radical (unpaired) electrons. The average Bonchev–Trinajstić information content (AvgIpc) is 2.36. The number of allylic oxidation sites excluding steroid dienone is 5. The minimum absolute atomic E-state index is 0.290. The third kappa shape index (κ3) is 2.85. The lowest BCUT2D eigenvalue weighted by molar-refractivity contribution is 0.489. The molecule has 0 fully saturated rings. The number of hydrogen-bond acceptors (Lipinski definition) is 0. The molecule has 0 nitrogen and oxygen atoms in total. The van der Waals surface area contributed by atoms with Gasteiger partial charge in [-0.3, -0.25) is 16.4 Å². The van der Waals surface area contributed by atoms with Gasteiger partial charge in [0.1, 0.15) is 0 Å². The van der Waals surface area contributed by atoms with E-state index in [9.17, 15) is 16.4 Å². The maximum absolute atomic E-state index is 14.2. The minimum Gasteiger partial charge on any atom is -0.265 e. The summed E-state index contributed by atoms with van der Waals surface area (Å²) in [5.41, 5.74) is -0.251. The highest BCUT2D eigenvalue weighted by Crippen LogP contribution is 2.53. The molecule has 0 aromatic rings. The maximum atomic E-state index is 14.2. The van der Waals surface area contributed by atoms with E-state index in [0.717, 1.165) is 6.08 Å². The van der Waals surface area contributed by atoms with Crippen LogP contribution >= 0.6 is 0 Å². The fourth-order valence-corrected chi connectivity index (χ4v) is 9.09. The second-order valence-corrected chi connectivity index (χ2v) is 10.7. The van der Waals surface area contributed by atoms with Gasteiger partial charge >= 0.3 is 17.5 Å². The Bertz CT molecular complexity index is 403. The zero-order valence-electron chi connectivity index (χ0n) is 11.0. The summed E-state index contributed by atoms with van der Waals surface area (Å²) in [7, 11) is -10.1. The molecule has 1 heterocycles. The van der Waals surface area contributed by atoms with Crippen LogP contribution in [0.15, 0.2) is 35.2 Å². The molecule has 0 bridgehead atoms. The third-order valence-electron chi connectivity index (χ3n) is 2.92. The molecular formula is C12H18F4Si2. The Kier molecular flexibility index (Phi) is 4.12. The van der Waals surface area contributed by atoms with Crippen LogP contribution in [-0.4, -0.2) is 17.5 Å². The molecule has 0 aromatic heterocycles. The van der Waals surface area contributed by atoms with Crippen molar-refractivity contribution in [1.82, 2.24) is 0 Å². The first-order chi connectivity index (χ1) is 8.03. The van der Waals surface area contributed by atoms with Crippen molar-refractivity contribution < 1.29 is 16.4 Å². The summed E-state index contributed by atoms with van der Waals surface area (Å²) in [5.74, 6) is 0. The van der Waals surface area contributed by atoms with Crippen molar-refractivity contribution in [2.75, 3.05) is 0 Å². The van der Waals surface area contributed by atoms with Gasteiger partial charge in [0, 0.05) is 0 Å². The minimum atomic E-state index is -5.07. The highest BCUT2D eigenvalue weighted by Gasteiger charge is 2.68. The normalized spacial score (nSPS) is 27.1. The van der Waals surface area contributed by atoms with Crippen molar-refractivity contribution in [1.29, 1.82) is 0 Å². The summed E-state index contributed by atoms with van der Waals surface area (Å²) < 4.78 is 56.2. The van der Waals surface area contributed by atoms with Crippen LogP contribution in [0.25, 0.3) is 0 Å². The van der Waals surface area contributed by atoms with Gasteiger partial charge < -0.3 is 0 Å². The molecule has 18 heavy (non-hydrogen) atoms. The van der Waals surface area contributed by atoms with Crippen LogP contribution in [0.3, 0.4) is 0 Å². The topological polar surface area (TPSA) is 0 Å². The molecule has 0 N–H and O–H groups in total. The van der Waals surface area contributed by atoms with Gasteiger partial charge in [0.05, 0.1) is 5.16 Å². The van der Waals surface area contributed by atoms with E-state index in [1.54, 1.807) is 33.8 Å². The standard InChI is InChI=1S/C12H18F4Si2/c1-5-6-7-8-11-17(13,14)9-10(12(2,3)4)18(11,15)16/h5-9,11H,1-4H3/b6-5+,8-7+. The number of hydrogen-bond donors (Lipinski definition) is 0. The predicted molar refractivity (Wildman–Crippen MR) is 71.2 cm³/mol. The zero-order valence-corrected chi connectivity index (χ0v) is 13.0. The molecule has 0 saturated heterocycles. The van der Waals surface area contributed by atoms with Crippen molar-refractivity contribution in [2.24, 2.45) is 5.41 Å². The molecule has 0 amide bonds. The largest absolute Gasteiger partial charge is 0.461 e. The first-order valence-electron chi connectivity index (χ1n) is 5.82. The molecule has 1 rings (SSSR count). The summed E-state index contributed by atoms with van der Waals surface area (Å²) in [6.07, 6.45) is 5.45. The zero-order chi connectivity index (χ0) is 14.2. The quantitative estimate of drug-likeness (QED) is 0.295. The predicted octanol–water partition coefficient (Wildman–Crippen LogP) is 4.86. The third-order valence-corrected chi connectivity index (χ3v) is 9.73. The summed E-state index contributed by atoms with van der Waals surface area (Å²) >= 11 is 0. The molecule has 102 valence electrons. The van der Waals surface area contributed by atoms with E-state index in [4.69, 9.17) is 0 Å². The van der Waals surface area contributed by atoms with E-state index < -0.39 is 28.1 Å². The van der Waals surface area contributed by atoms with Gasteiger partial charge in [-0.2, -0.15) is 0 Å². The summed E-state index contributed by atoms with van der Waals surface area (Å²) in [6.45, 7) is 6.43. The van der Waals surface area contributed by atoms with Crippen molar-refractivity contribution >= 4 is 17.5 Å². The SMILES string of the molecule is C/C=C/C=C/C1[Si](F)(F)C=C(C(C)(C)C)[Si]1(F)F. The van der Waals surface area contributed by atoms with Crippen LogP contribution in [0, 0.1) is 5.41 Å². The van der Waals surface area contributed by atoms with Crippen LogP contribution in [0.4, 0.5) is 16.4 Å². The molecule has 1 atom stereocenters. The van der Waals surface area contributed by atoms with E-state index >= 15 is 0 Å². The molecule has 0 aromatic carbocycles. The fourth-order valence-electron chi connectivity index (χ4n) is 2.04. The Balaban J connectivity index is 3.18. The van der Waals surface area contributed by atoms with Crippen molar-refractivity contribution in [3.63, 3.8) is 0 Å². The van der Waals surface area contributed by atoms with Gasteiger partial charge in [-0.1, -0.05) is 45.1 Å². The smallest absolute Gasteiger partial charge is 0.265 e. The lowest BCUT2D eigenvalue weighted by Gasteiger charge is -2.26. The van der Waals surface area contributed by atoms with Crippen LogP contribution in [0.1, 0.15) is 27.7 Å². The van der Waals surface area contributed by atoms with Crippen molar-refractivity contribution in [3.05, 3.63) is 35.2 Å². The van der Waals surface area contributed by atoms with Gasteiger partial charge in [-0.05, 0) is 23.2 Å². The second kappa shape index (κ2) is 4.81. The Morgan fingerprint density at radius 3 is 2.06 bits per heavy atom. The Morgan fingerprint density at radius 2 is 1.67 bits per heavy atom. The van der Waals surface area contributed by atoms with Gasteiger partial charge in [-0.15, -0.1) is 0 Å². The molecule has 0 aliphatic carbocycles. The van der Waals surface area contributed by atoms with Gasteiger partial charge in [0.15, 0.2) is 0 Å². The summed E-state index contributed by atoms with van der Waals surface area (Å²) in [6, 6.07) is 0. The van der Waals surface area contributed by atoms with E-state index in [1.807, 2.05) is 0 Å². The highest BCUT2D eigenvalue weighted by molar-refractivity contribution is 6.98. The number of halogens is 4. The molecule has 1 unspecified atom stereocenters. The fraction of sp³-hybridized carbons (Fsp3) is 0.500. The first kappa shape index (κ1) is 15.4. The first-order valence-corrected chi connectivity index (χ1v) is 9.57. The van der Waals surface area contributed by atoms with Gasteiger partial charge in [0.2, 0.25) is 0 Å². The second-order valence-electron chi connectivity index (χ2n) is 5.49. The lowest BCUT2D eigenvalue weighted by atomic mass is 9.97.